The highest BCUT2D eigenvalue weighted by Crippen LogP contribution is 2.52. The van der Waals surface area contributed by atoms with Crippen LogP contribution in [0, 0.1) is 17.8 Å². The molecular weight excluding hydrogens is 683 g/mol. The number of piperidine rings is 3. The van der Waals surface area contributed by atoms with Gasteiger partial charge in [-0.3, -0.25) is 14.4 Å². The minimum atomic E-state index is -3.55. The van der Waals surface area contributed by atoms with Crippen molar-refractivity contribution in [2.75, 3.05) is 0 Å². The lowest BCUT2D eigenvalue weighted by molar-refractivity contribution is -0.187. The van der Waals surface area contributed by atoms with Crippen molar-refractivity contribution in [3.8, 4) is 0 Å². The van der Waals surface area contributed by atoms with Gasteiger partial charge < -0.3 is 28.0 Å². The smallest absolute Gasteiger partial charge is 0.370 e. The fourth-order valence-electron chi connectivity index (χ4n) is 11.7. The van der Waals surface area contributed by atoms with Gasteiger partial charge in [0.1, 0.15) is 0 Å². The largest absolute Gasteiger partial charge is 0.498 e. The first-order chi connectivity index (χ1) is 24.2. The molecule has 12 atom stereocenters. The lowest BCUT2D eigenvalue weighted by Gasteiger charge is -2.63. The minimum Gasteiger partial charge on any atom is -0.370 e. The molecule has 3 heterocycles. The van der Waals surface area contributed by atoms with E-state index < -0.39 is 42.0 Å². The molecule has 0 spiro atoms. The molecule has 10 heteroatoms. The van der Waals surface area contributed by atoms with E-state index in [1.54, 1.807) is 20.8 Å². The Morgan fingerprint density at radius 2 is 0.698 bits per heavy atom. The van der Waals surface area contributed by atoms with Crippen LogP contribution in [0.3, 0.4) is 0 Å². The summed E-state index contributed by atoms with van der Waals surface area (Å²) >= 11 is 0. The van der Waals surface area contributed by atoms with E-state index in [9.17, 15) is 14.4 Å². The van der Waals surface area contributed by atoms with E-state index in [4.69, 9.17) is 13.3 Å². The van der Waals surface area contributed by atoms with Gasteiger partial charge in [0.15, 0.2) is 0 Å². The van der Waals surface area contributed by atoms with E-state index >= 15 is 0 Å². The van der Waals surface area contributed by atoms with Crippen molar-refractivity contribution >= 4 is 26.5 Å². The van der Waals surface area contributed by atoms with Crippen molar-refractivity contribution in [1.29, 1.82) is 0 Å². The highest BCUT2D eigenvalue weighted by molar-refractivity contribution is 6.59. The van der Waals surface area contributed by atoms with Crippen LogP contribution < -0.4 is 0 Å². The molecule has 3 aliphatic rings. The van der Waals surface area contributed by atoms with Gasteiger partial charge in [-0.25, -0.2) is 0 Å². The van der Waals surface area contributed by atoms with Gasteiger partial charge >= 0.3 is 8.80 Å². The van der Waals surface area contributed by atoms with Crippen LogP contribution in [0.1, 0.15) is 182 Å². The fourth-order valence-corrected chi connectivity index (χ4v) is 14.4. The summed E-state index contributed by atoms with van der Waals surface area (Å²) < 4.78 is 22.7. The van der Waals surface area contributed by atoms with Crippen LogP contribution in [0.25, 0.3) is 0 Å². The first-order valence-corrected chi connectivity index (χ1v) is 23.4. The van der Waals surface area contributed by atoms with Crippen LogP contribution in [0.5, 0.6) is 0 Å². The molecule has 12 unspecified atom stereocenters. The molecule has 0 saturated carbocycles. The van der Waals surface area contributed by atoms with Crippen molar-refractivity contribution in [2.45, 2.75) is 241 Å². The van der Waals surface area contributed by atoms with Gasteiger partial charge in [-0.1, -0.05) is 62.3 Å². The molecule has 0 bridgehead atoms. The lowest BCUT2D eigenvalue weighted by atomic mass is 9.68. The van der Waals surface area contributed by atoms with E-state index in [0.717, 1.165) is 38.5 Å². The van der Waals surface area contributed by atoms with Gasteiger partial charge in [0.25, 0.3) is 0 Å². The number of nitrogens with zero attached hydrogens (tertiary/aromatic N) is 3. The van der Waals surface area contributed by atoms with Crippen molar-refractivity contribution in [3.05, 3.63) is 0 Å². The normalized spacial score (nSPS) is 43.4. The molecule has 3 saturated heterocycles. The summed E-state index contributed by atoms with van der Waals surface area (Å²) in [4.78, 5) is 46.6. The zero-order valence-corrected chi connectivity index (χ0v) is 38.6. The Bertz CT molecular complexity index is 1190. The Hall–Kier alpha value is -1.49. The molecule has 3 fully saturated rings. The molecule has 3 amide bonds. The standard InChI is InChI=1S/C43H81N3O6Si/c1-20-38(13)26-35(29(7)41(16,23-4)44(38)32(10)47)50-53(19,51-36-27-39(14,21-2)45(33(11)48)42(17,24-5)30(36)8)52-37-28-40(15,22-3)46(34(12)49)43(18,25-6)31(37)9/h29-31,35-37H,20-28H2,1-19H3. The second-order valence-corrected chi connectivity index (χ2v) is 21.5. The summed E-state index contributed by atoms with van der Waals surface area (Å²) in [5.41, 5.74) is -2.44. The van der Waals surface area contributed by atoms with Gasteiger partial charge in [0.05, 0.1) is 18.3 Å². The molecule has 9 nitrogen and oxygen atoms in total. The Labute approximate surface area is 326 Å². The number of carbonyl (C=O) groups is 3. The maximum absolute atomic E-state index is 13.4. The predicted molar refractivity (Wildman–Crippen MR) is 217 cm³/mol. The second kappa shape index (κ2) is 15.8. The third-order valence-electron chi connectivity index (χ3n) is 16.2. The second-order valence-electron chi connectivity index (χ2n) is 19.1. The number of hydrogen-bond acceptors (Lipinski definition) is 6. The third kappa shape index (κ3) is 7.67. The van der Waals surface area contributed by atoms with Crippen molar-refractivity contribution in [3.63, 3.8) is 0 Å². The molecule has 53 heavy (non-hydrogen) atoms. The van der Waals surface area contributed by atoms with Crippen LogP contribution in [-0.2, 0) is 27.7 Å². The molecule has 0 radical (unpaired) electrons. The Balaban J connectivity index is 2.23. The zero-order chi connectivity index (χ0) is 40.9. The molecule has 308 valence electrons. The molecule has 0 aromatic heterocycles. The van der Waals surface area contributed by atoms with Crippen LogP contribution in [0.15, 0.2) is 0 Å². The summed E-state index contributed by atoms with van der Waals surface area (Å²) in [5, 5.41) is 0. The Morgan fingerprint density at radius 1 is 0.491 bits per heavy atom. The Morgan fingerprint density at radius 3 is 0.849 bits per heavy atom. The monoisotopic (exact) mass is 764 g/mol. The van der Waals surface area contributed by atoms with Gasteiger partial charge in [-0.15, -0.1) is 0 Å². The summed E-state index contributed by atoms with van der Waals surface area (Å²) in [6.07, 6.45) is 6.27. The van der Waals surface area contributed by atoms with Crippen LogP contribution in [0.4, 0.5) is 0 Å². The first kappa shape index (κ1) is 45.9. The van der Waals surface area contributed by atoms with E-state index in [-0.39, 0.29) is 53.8 Å². The van der Waals surface area contributed by atoms with Gasteiger partial charge in [0, 0.05) is 78.3 Å². The van der Waals surface area contributed by atoms with Gasteiger partial charge in [-0.05, 0) is 99.3 Å². The summed E-state index contributed by atoms with van der Waals surface area (Å²) in [5.74, 6) is 0.366. The van der Waals surface area contributed by atoms with E-state index in [0.29, 0.717) is 19.3 Å². The van der Waals surface area contributed by atoms with Gasteiger partial charge in [-0.2, -0.15) is 0 Å². The summed E-state index contributed by atoms with van der Waals surface area (Å²) in [7, 11) is -3.55. The summed E-state index contributed by atoms with van der Waals surface area (Å²) in [6, 6.07) is 0. The quantitative estimate of drug-likeness (QED) is 0.184. The van der Waals surface area contributed by atoms with Gasteiger partial charge in [0.2, 0.25) is 17.7 Å². The molecule has 3 rings (SSSR count). The van der Waals surface area contributed by atoms with Crippen LogP contribution in [-0.4, -0.2) is 92.8 Å². The van der Waals surface area contributed by atoms with Crippen molar-refractivity contribution in [1.82, 2.24) is 14.7 Å². The molecule has 0 N–H and O–H groups in total. The summed E-state index contributed by atoms with van der Waals surface area (Å²) in [6.45, 7) is 40.3. The van der Waals surface area contributed by atoms with Crippen LogP contribution in [0.2, 0.25) is 6.55 Å². The number of hydrogen-bond donors (Lipinski definition) is 0. The molecule has 0 aromatic rings. The average Bonchev–Trinajstić information content (AvgIpc) is 3.07. The predicted octanol–water partition coefficient (Wildman–Crippen LogP) is 9.39. The van der Waals surface area contributed by atoms with E-state index in [1.165, 1.54) is 0 Å². The number of amides is 3. The molecule has 0 aromatic carbocycles. The van der Waals surface area contributed by atoms with Crippen LogP contribution >= 0.6 is 0 Å². The first-order valence-electron chi connectivity index (χ1n) is 21.2. The lowest BCUT2D eigenvalue weighted by Crippen LogP contribution is -2.73. The van der Waals surface area contributed by atoms with E-state index in [1.807, 2.05) is 0 Å². The average molecular weight is 764 g/mol. The maximum atomic E-state index is 13.4. The third-order valence-corrected chi connectivity index (χ3v) is 18.4. The van der Waals surface area contributed by atoms with Crippen molar-refractivity contribution in [2.24, 2.45) is 17.8 Å². The number of rotatable bonds is 12. The number of likely N-dealkylation sites (tertiary alicyclic amines) is 3. The maximum Gasteiger partial charge on any atom is 0.498 e. The molecular formula is C43H81N3O6Si. The topological polar surface area (TPSA) is 88.6 Å². The minimum absolute atomic E-state index is 0.0210. The zero-order valence-electron chi connectivity index (χ0n) is 37.6. The Kier molecular flexibility index (Phi) is 13.7. The highest BCUT2D eigenvalue weighted by Gasteiger charge is 2.61. The highest BCUT2D eigenvalue weighted by atomic mass is 28.4. The van der Waals surface area contributed by atoms with E-state index in [2.05, 4.69) is 125 Å². The number of carbonyl (C=O) groups excluding carboxylic acids is 3. The fraction of sp³-hybridized carbons (Fsp3) is 0.930. The molecule has 3 aliphatic heterocycles. The molecule has 0 aliphatic carbocycles. The van der Waals surface area contributed by atoms with Crippen molar-refractivity contribution < 1.29 is 27.7 Å². The SMILES string of the molecule is CCC1(C)CC(O[Si](C)(OC2CC(C)(CC)N(C(C)=O)C(C)(CC)C2C)OC2CC(C)(CC)N(C(C)=O)C(C)(CC)C2C)C(C)C(C)(CC)N1C(C)=O.